The summed E-state index contributed by atoms with van der Waals surface area (Å²) in [4.78, 5) is 3.12. The van der Waals surface area contributed by atoms with E-state index in [4.69, 9.17) is 0 Å². The zero-order valence-electron chi connectivity index (χ0n) is 4.56. The Kier molecular flexibility index (Phi) is 4.03. The summed E-state index contributed by atoms with van der Waals surface area (Å²) < 4.78 is 23.0. The number of aliphatic imine (C=N–C) groups is 1. The molecule has 0 aromatic rings. The highest BCUT2D eigenvalue weighted by Crippen LogP contribution is 1.81. The third kappa shape index (κ3) is 3.46. The Hall–Kier alpha value is -0.730. The van der Waals surface area contributed by atoms with Gasteiger partial charge in [-0.05, 0) is 12.2 Å². The number of halogens is 2. The first-order valence-corrected chi connectivity index (χ1v) is 2.16. The maximum absolute atomic E-state index is 11.8. The number of rotatable bonds is 2. The fourth-order valence-corrected chi connectivity index (χ4v) is 0.216. The summed E-state index contributed by atoms with van der Waals surface area (Å²) in [6, 6.07) is 0. The summed E-state index contributed by atoms with van der Waals surface area (Å²) in [6.45, 7) is -0.650. The van der Waals surface area contributed by atoms with E-state index in [1.54, 1.807) is 0 Å². The predicted octanol–water partition coefficient (Wildman–Crippen LogP) is 1.51. The molecule has 0 bridgehead atoms. The third-order valence-electron chi connectivity index (χ3n) is 0.558. The first-order chi connectivity index (χ1) is 3.81. The summed E-state index contributed by atoms with van der Waals surface area (Å²) in [6.07, 6.45) is 2.04. The van der Waals surface area contributed by atoms with Gasteiger partial charge in [-0.3, -0.25) is 4.99 Å². The van der Waals surface area contributed by atoms with Crippen LogP contribution in [0.25, 0.3) is 0 Å². The van der Waals surface area contributed by atoms with Gasteiger partial charge in [-0.25, -0.2) is 4.39 Å². The van der Waals surface area contributed by atoms with Gasteiger partial charge in [0.15, 0.2) is 0 Å². The Morgan fingerprint density at radius 1 is 1.75 bits per heavy atom. The molecule has 0 spiro atoms. The molecule has 8 heavy (non-hydrogen) atoms. The van der Waals surface area contributed by atoms with Gasteiger partial charge >= 0.3 is 0 Å². The van der Waals surface area contributed by atoms with Gasteiger partial charge in [0.1, 0.15) is 6.67 Å². The van der Waals surface area contributed by atoms with Gasteiger partial charge in [-0.1, -0.05) is 0 Å². The Morgan fingerprint density at radius 2 is 2.38 bits per heavy atom. The molecular weight excluding hydrogens is 112 g/mol. The summed E-state index contributed by atoms with van der Waals surface area (Å²) in [5.41, 5.74) is 0. The Bertz CT molecular complexity index is 107. The molecule has 0 heterocycles. The van der Waals surface area contributed by atoms with Crippen LogP contribution < -0.4 is 0 Å². The number of allylic oxidation sites excluding steroid dienone is 2. The minimum atomic E-state index is -0.650. The standard InChI is InChI=1S/C5H7F2N/c1-8-5(7)3-2-4-6/h2-3H,4H2,1H3/b3-2-,8-5?. The van der Waals surface area contributed by atoms with Crippen molar-refractivity contribution in [3.8, 4) is 0 Å². The first-order valence-electron chi connectivity index (χ1n) is 2.16. The fraction of sp³-hybridized carbons (Fsp3) is 0.400. The van der Waals surface area contributed by atoms with E-state index in [2.05, 4.69) is 4.99 Å². The minimum Gasteiger partial charge on any atom is -0.261 e. The highest BCUT2D eigenvalue weighted by molar-refractivity contribution is 5.86. The maximum atomic E-state index is 11.8. The van der Waals surface area contributed by atoms with E-state index in [0.717, 1.165) is 12.2 Å². The van der Waals surface area contributed by atoms with E-state index in [0.29, 0.717) is 0 Å². The molecule has 0 radical (unpaired) electrons. The molecular formula is C5H7F2N. The van der Waals surface area contributed by atoms with Crippen LogP contribution in [-0.2, 0) is 0 Å². The number of hydrogen-bond donors (Lipinski definition) is 0. The van der Waals surface area contributed by atoms with Gasteiger partial charge in [0.05, 0.1) is 0 Å². The second-order valence-corrected chi connectivity index (χ2v) is 1.10. The Morgan fingerprint density at radius 3 is 2.75 bits per heavy atom. The van der Waals surface area contributed by atoms with Crippen LogP contribution in [0.15, 0.2) is 17.1 Å². The number of alkyl halides is 1. The molecule has 0 aromatic heterocycles. The van der Waals surface area contributed by atoms with E-state index in [1.807, 2.05) is 0 Å². The van der Waals surface area contributed by atoms with Crippen LogP contribution in [0.3, 0.4) is 0 Å². The average molecular weight is 119 g/mol. The summed E-state index contributed by atoms with van der Waals surface area (Å²) >= 11 is 0. The zero-order chi connectivity index (χ0) is 6.41. The normalized spacial score (nSPS) is 13.1. The topological polar surface area (TPSA) is 12.4 Å². The van der Waals surface area contributed by atoms with Crippen molar-refractivity contribution in [2.24, 2.45) is 4.99 Å². The van der Waals surface area contributed by atoms with E-state index >= 15 is 0 Å². The van der Waals surface area contributed by atoms with Crippen LogP contribution in [-0.4, -0.2) is 19.7 Å². The Labute approximate surface area is 46.7 Å². The molecule has 0 atom stereocenters. The molecule has 0 aromatic carbocycles. The monoisotopic (exact) mass is 119 g/mol. The Balaban J connectivity index is 3.53. The molecule has 46 valence electrons. The van der Waals surface area contributed by atoms with E-state index in [-0.39, 0.29) is 0 Å². The highest BCUT2D eigenvalue weighted by atomic mass is 19.1. The number of hydrogen-bond acceptors (Lipinski definition) is 1. The lowest BCUT2D eigenvalue weighted by molar-refractivity contribution is 0.561. The van der Waals surface area contributed by atoms with Gasteiger partial charge in [0, 0.05) is 7.05 Å². The third-order valence-corrected chi connectivity index (χ3v) is 0.558. The average Bonchev–Trinajstić information content (AvgIpc) is 1.83. The molecule has 0 aliphatic rings. The van der Waals surface area contributed by atoms with Crippen LogP contribution in [0, 0.1) is 0 Å². The van der Waals surface area contributed by atoms with Crippen LogP contribution in [0.2, 0.25) is 0 Å². The molecule has 3 heteroatoms. The molecule has 0 aliphatic carbocycles. The van der Waals surface area contributed by atoms with Crippen molar-refractivity contribution in [3.05, 3.63) is 12.2 Å². The van der Waals surface area contributed by atoms with Gasteiger partial charge in [0.25, 0.3) is 0 Å². The van der Waals surface area contributed by atoms with Crippen molar-refractivity contribution in [2.45, 2.75) is 0 Å². The molecule has 0 saturated heterocycles. The quantitative estimate of drug-likeness (QED) is 0.488. The molecule has 1 nitrogen and oxygen atoms in total. The van der Waals surface area contributed by atoms with Crippen LogP contribution in [0.5, 0.6) is 0 Å². The van der Waals surface area contributed by atoms with Gasteiger partial charge in [-0.15, -0.1) is 0 Å². The van der Waals surface area contributed by atoms with Crippen molar-refractivity contribution in [1.82, 2.24) is 0 Å². The zero-order valence-corrected chi connectivity index (χ0v) is 4.56. The molecule has 0 fully saturated rings. The lowest BCUT2D eigenvalue weighted by Crippen LogP contribution is -1.79. The van der Waals surface area contributed by atoms with E-state index < -0.39 is 12.6 Å². The lowest BCUT2D eigenvalue weighted by Gasteiger charge is -1.77. The smallest absolute Gasteiger partial charge is 0.207 e. The molecule has 0 unspecified atom stereocenters. The summed E-state index contributed by atoms with van der Waals surface area (Å²) in [5, 5.41) is 0. The molecule has 0 saturated carbocycles. The minimum absolute atomic E-state index is 0.650. The van der Waals surface area contributed by atoms with Crippen molar-refractivity contribution < 1.29 is 8.78 Å². The molecule has 0 rings (SSSR count). The number of nitrogens with zero attached hydrogens (tertiary/aromatic N) is 1. The summed E-state index contributed by atoms with van der Waals surface area (Å²) in [7, 11) is 1.30. The summed E-state index contributed by atoms with van der Waals surface area (Å²) in [5.74, 6) is -0.650. The van der Waals surface area contributed by atoms with E-state index in [9.17, 15) is 8.78 Å². The predicted molar refractivity (Wildman–Crippen MR) is 29.6 cm³/mol. The highest BCUT2D eigenvalue weighted by Gasteiger charge is 1.81. The second kappa shape index (κ2) is 4.43. The van der Waals surface area contributed by atoms with Gasteiger partial charge < -0.3 is 0 Å². The van der Waals surface area contributed by atoms with Crippen molar-refractivity contribution >= 4 is 5.97 Å². The second-order valence-electron chi connectivity index (χ2n) is 1.10. The van der Waals surface area contributed by atoms with E-state index in [1.165, 1.54) is 7.05 Å². The van der Waals surface area contributed by atoms with Crippen LogP contribution in [0.4, 0.5) is 8.78 Å². The molecule has 0 amide bonds. The fourth-order valence-electron chi connectivity index (χ4n) is 0.216. The first kappa shape index (κ1) is 7.27. The van der Waals surface area contributed by atoms with Gasteiger partial charge in [-0.2, -0.15) is 4.39 Å². The lowest BCUT2D eigenvalue weighted by atomic mass is 10.5. The van der Waals surface area contributed by atoms with Gasteiger partial charge in [0.2, 0.25) is 5.97 Å². The molecule has 0 N–H and O–H groups in total. The largest absolute Gasteiger partial charge is 0.261 e. The maximum Gasteiger partial charge on any atom is 0.207 e. The molecule has 0 aliphatic heterocycles. The van der Waals surface area contributed by atoms with Crippen LogP contribution >= 0.6 is 0 Å². The van der Waals surface area contributed by atoms with Crippen molar-refractivity contribution in [2.75, 3.05) is 13.7 Å². The van der Waals surface area contributed by atoms with Crippen molar-refractivity contribution in [1.29, 1.82) is 0 Å². The SMILES string of the molecule is CN=C(F)/C=C\CF. The van der Waals surface area contributed by atoms with Crippen LogP contribution in [0.1, 0.15) is 0 Å². The van der Waals surface area contributed by atoms with Crippen molar-refractivity contribution in [3.63, 3.8) is 0 Å².